The summed E-state index contributed by atoms with van der Waals surface area (Å²) in [4.78, 5) is 11.4. The number of carbonyl (C=O) groups is 1. The van der Waals surface area contributed by atoms with E-state index >= 15 is 0 Å². The molecule has 0 bridgehead atoms. The summed E-state index contributed by atoms with van der Waals surface area (Å²) in [5.74, 6) is -1.46. The molecular weight excluding hydrogens is 249 g/mol. The number of hydrogen-bond acceptors (Lipinski definition) is 3. The summed E-state index contributed by atoms with van der Waals surface area (Å²) in [5.41, 5.74) is 1.71. The van der Waals surface area contributed by atoms with Gasteiger partial charge in [0.25, 0.3) is 0 Å². The molecule has 2 aromatic rings. The van der Waals surface area contributed by atoms with Gasteiger partial charge in [-0.05, 0) is 25.1 Å². The minimum atomic E-state index is -1.04. The summed E-state index contributed by atoms with van der Waals surface area (Å²) in [5, 5.41) is 16.1. The van der Waals surface area contributed by atoms with E-state index in [4.69, 9.17) is 0 Å². The normalized spacial score (nSPS) is 12.2. The maximum Gasteiger partial charge on any atom is 0.330 e. The Bertz CT molecular complexity index is 610. The number of aryl methyl sites for hydroxylation is 1. The molecule has 0 saturated carbocycles. The van der Waals surface area contributed by atoms with E-state index in [9.17, 15) is 14.3 Å². The molecule has 0 saturated heterocycles. The van der Waals surface area contributed by atoms with E-state index in [1.54, 1.807) is 24.7 Å². The predicted molar refractivity (Wildman–Crippen MR) is 68.3 cm³/mol. The highest BCUT2D eigenvalue weighted by atomic mass is 19.1. The van der Waals surface area contributed by atoms with Crippen LogP contribution in [0.4, 0.5) is 10.1 Å². The number of benzene rings is 1. The second-order valence-corrected chi connectivity index (χ2v) is 4.23. The Morgan fingerprint density at radius 1 is 1.53 bits per heavy atom. The van der Waals surface area contributed by atoms with Crippen molar-refractivity contribution in [2.45, 2.75) is 13.0 Å². The van der Waals surface area contributed by atoms with Crippen LogP contribution in [0.25, 0.3) is 0 Å². The Kier molecular flexibility index (Phi) is 3.50. The topological polar surface area (TPSA) is 67.2 Å². The van der Waals surface area contributed by atoms with Crippen LogP contribution in [0, 0.1) is 12.7 Å². The second-order valence-electron chi connectivity index (χ2n) is 4.23. The quantitative estimate of drug-likeness (QED) is 0.886. The first-order chi connectivity index (χ1) is 8.99. The molecule has 0 aliphatic carbocycles. The molecule has 2 rings (SSSR count). The fourth-order valence-corrected chi connectivity index (χ4v) is 1.82. The molecule has 1 unspecified atom stereocenters. The summed E-state index contributed by atoms with van der Waals surface area (Å²) in [7, 11) is 1.74. The Morgan fingerprint density at radius 3 is 2.79 bits per heavy atom. The molecule has 6 heteroatoms. The van der Waals surface area contributed by atoms with Crippen molar-refractivity contribution in [3.8, 4) is 0 Å². The highest BCUT2D eigenvalue weighted by Crippen LogP contribution is 2.22. The fraction of sp³-hybridized carbons (Fsp3) is 0.231. The van der Waals surface area contributed by atoms with E-state index in [-0.39, 0.29) is 0 Å². The van der Waals surface area contributed by atoms with Gasteiger partial charge in [-0.1, -0.05) is 6.07 Å². The number of rotatable bonds is 4. The largest absolute Gasteiger partial charge is 0.479 e. The van der Waals surface area contributed by atoms with E-state index in [0.717, 1.165) is 5.69 Å². The smallest absolute Gasteiger partial charge is 0.330 e. The maximum absolute atomic E-state index is 13.1. The van der Waals surface area contributed by atoms with Gasteiger partial charge in [-0.25, -0.2) is 9.18 Å². The molecule has 1 aromatic heterocycles. The molecule has 0 spiro atoms. The lowest BCUT2D eigenvalue weighted by atomic mass is 10.1. The third-order valence-electron chi connectivity index (χ3n) is 2.97. The molecule has 0 amide bonds. The molecule has 2 N–H and O–H groups in total. The van der Waals surface area contributed by atoms with Crippen LogP contribution in [0.1, 0.15) is 17.3 Å². The molecule has 1 aromatic carbocycles. The van der Waals surface area contributed by atoms with Crippen LogP contribution >= 0.6 is 0 Å². The van der Waals surface area contributed by atoms with Crippen LogP contribution in [0.15, 0.2) is 30.5 Å². The second kappa shape index (κ2) is 5.09. The van der Waals surface area contributed by atoms with E-state index in [2.05, 4.69) is 10.4 Å². The average molecular weight is 263 g/mol. The lowest BCUT2D eigenvalue weighted by molar-refractivity contribution is -0.138. The van der Waals surface area contributed by atoms with E-state index in [1.165, 1.54) is 24.4 Å². The first-order valence-electron chi connectivity index (χ1n) is 5.72. The molecule has 0 radical (unpaired) electrons. The molecule has 100 valence electrons. The third-order valence-corrected chi connectivity index (χ3v) is 2.97. The van der Waals surface area contributed by atoms with Gasteiger partial charge >= 0.3 is 5.97 Å². The maximum atomic E-state index is 13.1. The standard InChI is InChI=1S/C13H14FN3O2/c1-8-11(7-15-17(8)2)12(13(18)19)16-10-5-3-4-9(14)6-10/h3-7,12,16H,1-2H3,(H,18,19). The van der Waals surface area contributed by atoms with Gasteiger partial charge in [-0.3, -0.25) is 4.68 Å². The Morgan fingerprint density at radius 2 is 2.26 bits per heavy atom. The minimum absolute atomic E-state index is 0.413. The Balaban J connectivity index is 2.32. The zero-order valence-corrected chi connectivity index (χ0v) is 10.6. The van der Waals surface area contributed by atoms with Gasteiger partial charge < -0.3 is 10.4 Å². The SMILES string of the molecule is Cc1c(C(Nc2cccc(F)c2)C(=O)O)cnn1C. The van der Waals surface area contributed by atoms with Crippen LogP contribution in [-0.4, -0.2) is 20.9 Å². The molecule has 0 aliphatic heterocycles. The number of carboxylic acids is 1. The van der Waals surface area contributed by atoms with Crippen LogP contribution in [0.3, 0.4) is 0 Å². The van der Waals surface area contributed by atoms with Gasteiger partial charge in [0.15, 0.2) is 6.04 Å². The van der Waals surface area contributed by atoms with Gasteiger partial charge in [-0.15, -0.1) is 0 Å². The lowest BCUT2D eigenvalue weighted by Crippen LogP contribution is -2.21. The van der Waals surface area contributed by atoms with E-state index in [1.807, 2.05) is 0 Å². The first kappa shape index (κ1) is 13.1. The number of anilines is 1. The monoisotopic (exact) mass is 263 g/mol. The summed E-state index contributed by atoms with van der Waals surface area (Å²) in [6, 6.07) is 4.73. The highest BCUT2D eigenvalue weighted by molar-refractivity contribution is 5.79. The minimum Gasteiger partial charge on any atom is -0.479 e. The van der Waals surface area contributed by atoms with Crippen molar-refractivity contribution in [2.24, 2.45) is 7.05 Å². The third kappa shape index (κ3) is 2.73. The Labute approximate surface area is 109 Å². The highest BCUT2D eigenvalue weighted by Gasteiger charge is 2.23. The average Bonchev–Trinajstić information content (AvgIpc) is 2.67. The number of carboxylic acid groups (broad SMARTS) is 1. The lowest BCUT2D eigenvalue weighted by Gasteiger charge is -2.15. The van der Waals surface area contributed by atoms with Gasteiger partial charge in [0.05, 0.1) is 6.20 Å². The van der Waals surface area contributed by atoms with Crippen molar-refractivity contribution in [3.05, 3.63) is 47.5 Å². The Hall–Kier alpha value is -2.37. The van der Waals surface area contributed by atoms with Crippen molar-refractivity contribution in [1.29, 1.82) is 0 Å². The van der Waals surface area contributed by atoms with Gasteiger partial charge in [0.2, 0.25) is 0 Å². The fourth-order valence-electron chi connectivity index (χ4n) is 1.82. The molecule has 19 heavy (non-hydrogen) atoms. The van der Waals surface area contributed by atoms with Gasteiger partial charge in [0, 0.05) is 24.0 Å². The molecule has 5 nitrogen and oxygen atoms in total. The summed E-state index contributed by atoms with van der Waals surface area (Å²) in [6.45, 7) is 1.78. The molecular formula is C13H14FN3O2. The van der Waals surface area contributed by atoms with Crippen LogP contribution < -0.4 is 5.32 Å². The number of hydrogen-bond donors (Lipinski definition) is 2. The molecule has 0 fully saturated rings. The number of aliphatic carboxylic acids is 1. The van der Waals surface area contributed by atoms with E-state index in [0.29, 0.717) is 11.3 Å². The van der Waals surface area contributed by atoms with Crippen molar-refractivity contribution in [1.82, 2.24) is 9.78 Å². The number of aromatic nitrogens is 2. The van der Waals surface area contributed by atoms with Crippen LogP contribution in [0.5, 0.6) is 0 Å². The molecule has 0 aliphatic rings. The van der Waals surface area contributed by atoms with Crippen molar-refractivity contribution < 1.29 is 14.3 Å². The molecule has 1 atom stereocenters. The summed E-state index contributed by atoms with van der Waals surface area (Å²) < 4.78 is 14.7. The summed E-state index contributed by atoms with van der Waals surface area (Å²) in [6.07, 6.45) is 1.50. The van der Waals surface area contributed by atoms with E-state index < -0.39 is 17.8 Å². The van der Waals surface area contributed by atoms with Crippen molar-refractivity contribution in [3.63, 3.8) is 0 Å². The van der Waals surface area contributed by atoms with Crippen molar-refractivity contribution >= 4 is 11.7 Å². The zero-order chi connectivity index (χ0) is 14.0. The van der Waals surface area contributed by atoms with Crippen molar-refractivity contribution in [2.75, 3.05) is 5.32 Å². The van der Waals surface area contributed by atoms with Gasteiger partial charge in [-0.2, -0.15) is 5.10 Å². The molecule has 1 heterocycles. The first-order valence-corrected chi connectivity index (χ1v) is 5.72. The number of nitrogens with zero attached hydrogens (tertiary/aromatic N) is 2. The zero-order valence-electron chi connectivity index (χ0n) is 10.6. The predicted octanol–water partition coefficient (Wildman–Crippen LogP) is 2.11. The number of nitrogens with one attached hydrogen (secondary N) is 1. The van der Waals surface area contributed by atoms with Crippen LogP contribution in [-0.2, 0) is 11.8 Å². The number of halogens is 1. The van der Waals surface area contributed by atoms with Crippen LogP contribution in [0.2, 0.25) is 0 Å². The summed E-state index contributed by atoms with van der Waals surface area (Å²) >= 11 is 0. The van der Waals surface area contributed by atoms with Gasteiger partial charge in [0.1, 0.15) is 5.82 Å².